The molecule has 4 aromatic rings. The molecule has 1 aromatic carbocycles. The Kier molecular flexibility index (Phi) is 5.15. The van der Waals surface area contributed by atoms with Crippen molar-refractivity contribution in [1.29, 1.82) is 0 Å². The van der Waals surface area contributed by atoms with E-state index in [1.807, 2.05) is 60.5 Å². The summed E-state index contributed by atoms with van der Waals surface area (Å²) in [6.45, 7) is 3.01. The van der Waals surface area contributed by atoms with Crippen LogP contribution >= 0.6 is 22.9 Å². The van der Waals surface area contributed by atoms with Crippen LogP contribution in [0.15, 0.2) is 54.9 Å². The highest BCUT2D eigenvalue weighted by Crippen LogP contribution is 2.50. The monoisotopic (exact) mass is 491 g/mol. The number of nitrogens with one attached hydrogen (secondary N) is 1. The number of fused-ring (bicyclic) bond motifs is 2. The molecular formula is C25H22ClN5O2S. The topological polar surface area (TPSA) is 79.6 Å². The zero-order valence-corrected chi connectivity index (χ0v) is 20.0. The van der Waals surface area contributed by atoms with E-state index in [1.54, 1.807) is 10.6 Å². The van der Waals surface area contributed by atoms with E-state index >= 15 is 0 Å². The Morgan fingerprint density at radius 2 is 2.12 bits per heavy atom. The summed E-state index contributed by atoms with van der Waals surface area (Å²) in [6, 6.07) is 13.1. The highest BCUT2D eigenvalue weighted by molar-refractivity contribution is 7.15. The van der Waals surface area contributed by atoms with E-state index in [9.17, 15) is 9.59 Å². The van der Waals surface area contributed by atoms with Crippen LogP contribution in [0.5, 0.6) is 0 Å². The number of aromatic nitrogens is 3. The van der Waals surface area contributed by atoms with Crippen molar-refractivity contribution in [2.45, 2.75) is 19.4 Å². The van der Waals surface area contributed by atoms with Gasteiger partial charge in [0.05, 0.1) is 22.1 Å². The van der Waals surface area contributed by atoms with E-state index in [4.69, 9.17) is 11.6 Å². The number of carbonyl (C=O) groups is 2. The number of amides is 2. The zero-order chi connectivity index (χ0) is 23.4. The maximum absolute atomic E-state index is 13.7. The van der Waals surface area contributed by atoms with Crippen molar-refractivity contribution in [1.82, 2.24) is 24.6 Å². The third-order valence-electron chi connectivity index (χ3n) is 6.71. The normalized spacial score (nSPS) is 21.0. The molecule has 3 atom stereocenters. The van der Waals surface area contributed by atoms with Gasteiger partial charge in [-0.1, -0.05) is 29.8 Å². The minimum absolute atomic E-state index is 0.0464. The highest BCUT2D eigenvalue weighted by atomic mass is 35.5. The van der Waals surface area contributed by atoms with Crippen LogP contribution in [0, 0.1) is 18.8 Å². The number of hydrogen-bond donors (Lipinski definition) is 1. The second kappa shape index (κ2) is 8.21. The molecule has 172 valence electrons. The molecule has 1 saturated heterocycles. The number of likely N-dealkylation sites (tertiary alicyclic amines) is 1. The van der Waals surface area contributed by atoms with Crippen LogP contribution in [0.4, 0.5) is 0 Å². The van der Waals surface area contributed by atoms with Crippen molar-refractivity contribution < 1.29 is 9.59 Å². The van der Waals surface area contributed by atoms with Gasteiger partial charge in [-0.05, 0) is 55.0 Å². The molecule has 0 spiro atoms. The molecule has 0 unspecified atom stereocenters. The molecule has 2 amide bonds. The number of benzene rings is 1. The Bertz CT molecular complexity index is 1430. The Hall–Kier alpha value is -3.23. The van der Waals surface area contributed by atoms with E-state index < -0.39 is 0 Å². The summed E-state index contributed by atoms with van der Waals surface area (Å²) < 4.78 is 1.77. The quantitative estimate of drug-likeness (QED) is 0.451. The van der Waals surface area contributed by atoms with Crippen molar-refractivity contribution in [3.63, 3.8) is 0 Å². The van der Waals surface area contributed by atoms with Crippen molar-refractivity contribution in [3.05, 3.63) is 76.3 Å². The molecule has 34 heavy (non-hydrogen) atoms. The van der Waals surface area contributed by atoms with Gasteiger partial charge in [-0.2, -0.15) is 0 Å². The van der Waals surface area contributed by atoms with Gasteiger partial charge in [0.25, 0.3) is 11.8 Å². The van der Waals surface area contributed by atoms with Gasteiger partial charge in [-0.15, -0.1) is 11.3 Å². The summed E-state index contributed by atoms with van der Waals surface area (Å²) in [5.41, 5.74) is 2.56. The summed E-state index contributed by atoms with van der Waals surface area (Å²) in [4.78, 5) is 38.2. The minimum atomic E-state index is -0.195. The highest BCUT2D eigenvalue weighted by Gasteiger charge is 2.54. The number of pyridine rings is 1. The fourth-order valence-electron chi connectivity index (χ4n) is 4.99. The summed E-state index contributed by atoms with van der Waals surface area (Å²) in [5, 5.41) is 4.50. The molecule has 0 bridgehead atoms. The van der Waals surface area contributed by atoms with Crippen molar-refractivity contribution in [3.8, 4) is 10.4 Å². The second-order valence-corrected chi connectivity index (χ2v) is 10.5. The molecule has 7 nitrogen and oxygen atoms in total. The van der Waals surface area contributed by atoms with Crippen molar-refractivity contribution in [2.24, 2.45) is 11.8 Å². The van der Waals surface area contributed by atoms with Crippen molar-refractivity contribution >= 4 is 40.4 Å². The molecule has 2 aliphatic rings. The predicted octanol–water partition coefficient (Wildman–Crippen LogP) is 4.31. The van der Waals surface area contributed by atoms with Crippen LogP contribution in [0.25, 0.3) is 16.1 Å². The lowest BCUT2D eigenvalue weighted by molar-refractivity contribution is 0.0690. The van der Waals surface area contributed by atoms with Crippen LogP contribution in [0.2, 0.25) is 5.02 Å². The third-order valence-corrected chi connectivity index (χ3v) is 7.96. The Morgan fingerprint density at radius 1 is 1.24 bits per heavy atom. The maximum Gasteiger partial charge on any atom is 0.274 e. The number of carbonyl (C=O) groups excluding carboxylic acids is 2. The average Bonchev–Trinajstić information content (AvgIpc) is 3.17. The average molecular weight is 492 g/mol. The fourth-order valence-corrected chi connectivity index (χ4v) is 6.09. The number of rotatable bonds is 5. The predicted molar refractivity (Wildman–Crippen MR) is 131 cm³/mol. The van der Waals surface area contributed by atoms with Crippen molar-refractivity contribution in [2.75, 3.05) is 13.1 Å². The van der Waals surface area contributed by atoms with Crippen LogP contribution in [0.3, 0.4) is 0 Å². The van der Waals surface area contributed by atoms with E-state index in [0.717, 1.165) is 27.5 Å². The van der Waals surface area contributed by atoms with Gasteiger partial charge in [0.1, 0.15) is 17.0 Å². The number of halogens is 1. The SMILES string of the molecule is Cc1nc(C(=O)N2C[C@H]3C[C@H]3[C@H]2CNC(=O)c2cnc3ccccn23)c(-c2cccc(Cl)c2)s1. The zero-order valence-electron chi connectivity index (χ0n) is 18.4. The number of piperidine rings is 1. The first-order valence-corrected chi connectivity index (χ1v) is 12.4. The largest absolute Gasteiger partial charge is 0.349 e. The number of imidazole rings is 1. The number of thiazole rings is 1. The molecule has 9 heteroatoms. The molecule has 4 heterocycles. The first kappa shape index (κ1) is 21.3. The molecular weight excluding hydrogens is 470 g/mol. The number of nitrogens with zero attached hydrogens (tertiary/aromatic N) is 4. The maximum atomic E-state index is 13.7. The van der Waals surface area contributed by atoms with E-state index in [-0.39, 0.29) is 17.9 Å². The molecule has 6 rings (SSSR count). The van der Waals surface area contributed by atoms with Gasteiger partial charge >= 0.3 is 0 Å². The minimum Gasteiger partial charge on any atom is -0.349 e. The van der Waals surface area contributed by atoms with Gasteiger partial charge in [0.15, 0.2) is 0 Å². The molecule has 3 aromatic heterocycles. The lowest BCUT2D eigenvalue weighted by Gasteiger charge is -2.27. The first-order valence-electron chi connectivity index (χ1n) is 11.2. The molecule has 1 aliphatic heterocycles. The summed E-state index contributed by atoms with van der Waals surface area (Å²) in [6.07, 6.45) is 4.50. The molecule has 1 N–H and O–H groups in total. The Morgan fingerprint density at radius 3 is 2.97 bits per heavy atom. The molecule has 2 fully saturated rings. The van der Waals surface area contributed by atoms with Gasteiger partial charge in [-0.25, -0.2) is 9.97 Å². The lowest BCUT2D eigenvalue weighted by Crippen LogP contribution is -2.46. The van der Waals surface area contributed by atoms with E-state index in [0.29, 0.717) is 41.3 Å². The number of hydrogen-bond acceptors (Lipinski definition) is 5. The van der Waals surface area contributed by atoms with Crippen LogP contribution in [-0.2, 0) is 0 Å². The van der Waals surface area contributed by atoms with E-state index in [2.05, 4.69) is 15.3 Å². The van der Waals surface area contributed by atoms with E-state index in [1.165, 1.54) is 11.3 Å². The number of aryl methyl sites for hydroxylation is 1. The first-order chi connectivity index (χ1) is 16.5. The van der Waals surface area contributed by atoms with Crippen LogP contribution in [0.1, 0.15) is 32.4 Å². The summed E-state index contributed by atoms with van der Waals surface area (Å²) >= 11 is 7.70. The lowest BCUT2D eigenvalue weighted by atomic mass is 10.1. The fraction of sp³-hybridized carbons (Fsp3) is 0.280. The summed E-state index contributed by atoms with van der Waals surface area (Å²) in [7, 11) is 0. The third kappa shape index (κ3) is 3.67. The van der Waals surface area contributed by atoms with Gasteiger partial charge in [-0.3, -0.25) is 14.0 Å². The smallest absolute Gasteiger partial charge is 0.274 e. The van der Waals surface area contributed by atoms with Gasteiger partial charge < -0.3 is 10.2 Å². The Balaban J connectivity index is 1.23. The van der Waals surface area contributed by atoms with Gasteiger partial charge in [0.2, 0.25) is 0 Å². The molecule has 1 aliphatic carbocycles. The van der Waals surface area contributed by atoms with Crippen LogP contribution in [-0.4, -0.2) is 50.2 Å². The molecule has 1 saturated carbocycles. The second-order valence-electron chi connectivity index (χ2n) is 8.89. The summed E-state index contributed by atoms with van der Waals surface area (Å²) in [5.74, 6) is 0.636. The van der Waals surface area contributed by atoms with Gasteiger partial charge in [0, 0.05) is 24.3 Å². The standard InChI is InChI=1S/C25H22ClN5O2S/c1-14-29-22(23(34-14)15-5-4-6-17(26)9-15)25(33)31-13-16-10-18(16)19(31)11-28-24(32)20-12-27-21-7-2-3-8-30(20)21/h2-9,12,16,18-19H,10-11,13H2,1H3,(H,28,32)/t16-,18-,19-/m1/s1. The molecule has 0 radical (unpaired) electrons. The Labute approximate surface area is 205 Å². The van der Waals surface area contributed by atoms with Crippen LogP contribution < -0.4 is 5.32 Å².